The molecule has 1 heterocycles. The molecule has 0 spiro atoms. The molecular weight excluding hydrogens is 246 g/mol. The number of nitrogens with one attached hydrogen (secondary N) is 1. The molecule has 0 bridgehead atoms. The van der Waals surface area contributed by atoms with Crippen molar-refractivity contribution in [2.75, 3.05) is 19.6 Å². The lowest BCUT2D eigenvalue weighted by Gasteiger charge is -2.32. The topological polar surface area (TPSA) is 58.4 Å². The fraction of sp³-hybridized carbons (Fsp3) is 0.846. The molecule has 1 aliphatic rings. The van der Waals surface area contributed by atoms with E-state index in [1.807, 2.05) is 6.92 Å². The molecule has 0 saturated carbocycles. The van der Waals surface area contributed by atoms with Crippen molar-refractivity contribution in [3.05, 3.63) is 0 Å². The summed E-state index contributed by atoms with van der Waals surface area (Å²) in [5, 5.41) is 3.03. The molecule has 0 aliphatic carbocycles. The smallest absolute Gasteiger partial charge is 0.234 e. The highest BCUT2D eigenvalue weighted by atomic mass is 32.1. The first-order valence-corrected chi connectivity index (χ1v) is 7.12. The number of hydrogen-bond acceptors (Lipinski definition) is 3. The number of nitrogens with zero attached hydrogens (tertiary/aromatic N) is 1. The number of nitrogens with two attached hydrogens (primary N) is 1. The quantitative estimate of drug-likeness (QED) is 0.736. The molecule has 1 amide bonds. The van der Waals surface area contributed by atoms with Gasteiger partial charge in [-0.25, -0.2) is 0 Å². The molecule has 3 N–H and O–H groups in total. The van der Waals surface area contributed by atoms with Gasteiger partial charge in [0.05, 0.1) is 11.5 Å². The van der Waals surface area contributed by atoms with Crippen LogP contribution < -0.4 is 11.1 Å². The fourth-order valence-electron chi connectivity index (χ4n) is 2.10. The summed E-state index contributed by atoms with van der Waals surface area (Å²) in [5.41, 5.74) is 5.68. The summed E-state index contributed by atoms with van der Waals surface area (Å²) in [6, 6.07) is 0.216. The summed E-state index contributed by atoms with van der Waals surface area (Å²) >= 11 is 5.04. The molecule has 0 aromatic carbocycles. The third-order valence-electron chi connectivity index (χ3n) is 3.66. The Kier molecular flexibility index (Phi) is 6.02. The Morgan fingerprint density at radius 2 is 2.17 bits per heavy atom. The zero-order valence-corrected chi connectivity index (χ0v) is 12.4. The summed E-state index contributed by atoms with van der Waals surface area (Å²) in [6.45, 7) is 8.48. The maximum Gasteiger partial charge on any atom is 0.234 e. The Morgan fingerprint density at radius 1 is 1.50 bits per heavy atom. The second-order valence-corrected chi connectivity index (χ2v) is 6.05. The summed E-state index contributed by atoms with van der Waals surface area (Å²) in [6.07, 6.45) is 2.12. The van der Waals surface area contributed by atoms with Crippen LogP contribution in [0.25, 0.3) is 0 Å². The predicted molar refractivity (Wildman–Crippen MR) is 78.4 cm³/mol. The Morgan fingerprint density at radius 3 is 2.72 bits per heavy atom. The van der Waals surface area contributed by atoms with Crippen molar-refractivity contribution < 1.29 is 4.79 Å². The van der Waals surface area contributed by atoms with Gasteiger partial charge < -0.3 is 11.1 Å². The van der Waals surface area contributed by atoms with E-state index >= 15 is 0 Å². The molecule has 1 fully saturated rings. The van der Waals surface area contributed by atoms with E-state index in [0.29, 0.717) is 17.5 Å². The van der Waals surface area contributed by atoms with Gasteiger partial charge in [-0.1, -0.05) is 26.1 Å². The van der Waals surface area contributed by atoms with Crippen molar-refractivity contribution in [2.45, 2.75) is 39.7 Å². The van der Waals surface area contributed by atoms with E-state index in [2.05, 4.69) is 24.1 Å². The van der Waals surface area contributed by atoms with Gasteiger partial charge in [-0.05, 0) is 32.2 Å². The average Bonchev–Trinajstić information content (AvgIpc) is 2.28. The molecule has 4 nitrogen and oxygen atoms in total. The SMILES string of the molecule is CC(C)C(C)NC(=O)CN1CCCC(C(N)=S)C1. The first-order valence-electron chi connectivity index (χ1n) is 6.71. The second kappa shape index (κ2) is 7.04. The molecule has 0 radical (unpaired) electrons. The van der Waals surface area contributed by atoms with Gasteiger partial charge in [0.2, 0.25) is 5.91 Å². The Hall–Kier alpha value is -0.680. The molecule has 104 valence electrons. The van der Waals surface area contributed by atoms with Gasteiger partial charge in [0.1, 0.15) is 0 Å². The van der Waals surface area contributed by atoms with Crippen LogP contribution in [-0.2, 0) is 4.79 Å². The van der Waals surface area contributed by atoms with Gasteiger partial charge in [-0.2, -0.15) is 0 Å². The number of carbonyl (C=O) groups excluding carboxylic acids is 1. The minimum Gasteiger partial charge on any atom is -0.393 e. The van der Waals surface area contributed by atoms with Crippen LogP contribution in [0.2, 0.25) is 0 Å². The minimum absolute atomic E-state index is 0.0970. The number of thiocarbonyl (C=S) groups is 1. The van der Waals surface area contributed by atoms with E-state index in [9.17, 15) is 4.79 Å². The van der Waals surface area contributed by atoms with Gasteiger partial charge >= 0.3 is 0 Å². The van der Waals surface area contributed by atoms with E-state index < -0.39 is 0 Å². The normalized spacial score (nSPS) is 22.8. The van der Waals surface area contributed by atoms with Gasteiger partial charge in [-0.15, -0.1) is 0 Å². The molecule has 2 atom stereocenters. The highest BCUT2D eigenvalue weighted by molar-refractivity contribution is 7.80. The highest BCUT2D eigenvalue weighted by Gasteiger charge is 2.23. The first kappa shape index (κ1) is 15.4. The maximum absolute atomic E-state index is 11.9. The van der Waals surface area contributed by atoms with Crippen LogP contribution in [0.15, 0.2) is 0 Å². The molecule has 0 aromatic heterocycles. The van der Waals surface area contributed by atoms with Crippen LogP contribution in [0, 0.1) is 11.8 Å². The van der Waals surface area contributed by atoms with Gasteiger partial charge in [0.15, 0.2) is 0 Å². The lowest BCUT2D eigenvalue weighted by Crippen LogP contribution is -2.47. The maximum atomic E-state index is 11.9. The van der Waals surface area contributed by atoms with Crippen LogP contribution >= 0.6 is 12.2 Å². The zero-order chi connectivity index (χ0) is 13.7. The van der Waals surface area contributed by atoms with Crippen molar-refractivity contribution >= 4 is 23.1 Å². The van der Waals surface area contributed by atoms with E-state index in [0.717, 1.165) is 25.9 Å². The van der Waals surface area contributed by atoms with Crippen molar-refractivity contribution in [1.82, 2.24) is 10.2 Å². The van der Waals surface area contributed by atoms with Gasteiger partial charge in [0, 0.05) is 18.5 Å². The monoisotopic (exact) mass is 271 g/mol. The van der Waals surface area contributed by atoms with Crippen molar-refractivity contribution in [2.24, 2.45) is 17.6 Å². The van der Waals surface area contributed by atoms with Crippen molar-refractivity contribution in [1.29, 1.82) is 0 Å². The Balaban J connectivity index is 2.37. The lowest BCUT2D eigenvalue weighted by atomic mass is 9.98. The van der Waals surface area contributed by atoms with E-state index in [1.54, 1.807) is 0 Å². The summed E-state index contributed by atoms with van der Waals surface area (Å²) in [7, 11) is 0. The number of amides is 1. The Bertz CT molecular complexity index is 307. The molecule has 1 aliphatic heterocycles. The highest BCUT2D eigenvalue weighted by Crippen LogP contribution is 2.16. The number of piperidine rings is 1. The third kappa shape index (κ3) is 4.90. The molecule has 18 heavy (non-hydrogen) atoms. The standard InChI is InChI=1S/C13H25N3OS/c1-9(2)10(3)15-12(17)8-16-6-4-5-11(7-16)13(14)18/h9-11H,4-8H2,1-3H3,(H2,14,18)(H,15,17). The summed E-state index contributed by atoms with van der Waals surface area (Å²) in [4.78, 5) is 14.6. The van der Waals surface area contributed by atoms with Gasteiger partial charge in [0.25, 0.3) is 0 Å². The van der Waals surface area contributed by atoms with E-state index in [4.69, 9.17) is 18.0 Å². The van der Waals surface area contributed by atoms with Crippen LogP contribution in [0.5, 0.6) is 0 Å². The number of hydrogen-bond donors (Lipinski definition) is 2. The van der Waals surface area contributed by atoms with E-state index in [-0.39, 0.29) is 17.9 Å². The molecule has 0 aromatic rings. The minimum atomic E-state index is 0.0970. The molecular formula is C13H25N3OS. The third-order valence-corrected chi connectivity index (χ3v) is 4.00. The number of likely N-dealkylation sites (tertiary alicyclic amines) is 1. The van der Waals surface area contributed by atoms with Crippen LogP contribution in [0.1, 0.15) is 33.6 Å². The first-order chi connectivity index (χ1) is 8.40. The molecule has 1 saturated heterocycles. The predicted octanol–water partition coefficient (Wildman–Crippen LogP) is 1.15. The van der Waals surface area contributed by atoms with Gasteiger partial charge in [-0.3, -0.25) is 9.69 Å². The number of carbonyl (C=O) groups is 1. The molecule has 1 rings (SSSR count). The largest absolute Gasteiger partial charge is 0.393 e. The zero-order valence-electron chi connectivity index (χ0n) is 11.6. The Labute approximate surface area is 115 Å². The fourth-order valence-corrected chi connectivity index (χ4v) is 2.29. The van der Waals surface area contributed by atoms with Crippen LogP contribution in [-0.4, -0.2) is 41.5 Å². The lowest BCUT2D eigenvalue weighted by molar-refractivity contribution is -0.123. The molecule has 2 unspecified atom stereocenters. The van der Waals surface area contributed by atoms with Crippen molar-refractivity contribution in [3.8, 4) is 0 Å². The average molecular weight is 271 g/mol. The second-order valence-electron chi connectivity index (χ2n) is 5.58. The van der Waals surface area contributed by atoms with Crippen LogP contribution in [0.4, 0.5) is 0 Å². The number of rotatable bonds is 5. The van der Waals surface area contributed by atoms with E-state index in [1.165, 1.54) is 0 Å². The summed E-state index contributed by atoms with van der Waals surface area (Å²) in [5.74, 6) is 0.823. The van der Waals surface area contributed by atoms with Crippen molar-refractivity contribution in [3.63, 3.8) is 0 Å². The molecule has 5 heteroatoms. The van der Waals surface area contributed by atoms with Crippen LogP contribution in [0.3, 0.4) is 0 Å². The summed E-state index contributed by atoms with van der Waals surface area (Å²) < 4.78 is 0.